The maximum Gasteiger partial charge on any atom is 0.242 e. The fourth-order valence-electron chi connectivity index (χ4n) is 1.65. The summed E-state index contributed by atoms with van der Waals surface area (Å²) < 4.78 is 0. The minimum absolute atomic E-state index is 0.153. The summed E-state index contributed by atoms with van der Waals surface area (Å²) in [5, 5.41) is -0.474. The molecule has 6 heteroatoms. The minimum atomic E-state index is -0.474. The van der Waals surface area contributed by atoms with Gasteiger partial charge in [0.25, 0.3) is 0 Å². The van der Waals surface area contributed by atoms with Crippen LogP contribution in [0.2, 0.25) is 0 Å². The Bertz CT molecular complexity index is 309. The number of imide groups is 1. The van der Waals surface area contributed by atoms with Crippen molar-refractivity contribution in [2.45, 2.75) is 65.0 Å². The summed E-state index contributed by atoms with van der Waals surface area (Å²) in [4.78, 5) is 34.5. The van der Waals surface area contributed by atoms with Crippen LogP contribution in [0.3, 0.4) is 0 Å². The standard InChI is InChI=1S/C10H16N2O3S.2C2H6/c11-8(13)4-2-1-3-5-12-9(14)6-7(16)10(12)15;2*1-2/h7,16H,1-6H2,(H2,11,13);2*1-2H3. The average Bonchev–Trinajstić information content (AvgIpc) is 2.68. The first-order valence-corrected chi connectivity index (χ1v) is 7.84. The van der Waals surface area contributed by atoms with Crippen molar-refractivity contribution in [2.75, 3.05) is 6.54 Å². The highest BCUT2D eigenvalue weighted by molar-refractivity contribution is 7.81. The largest absolute Gasteiger partial charge is 0.370 e. The summed E-state index contributed by atoms with van der Waals surface area (Å²) in [5.74, 6) is -0.674. The number of thiol groups is 1. The fraction of sp³-hybridized carbons (Fsp3) is 0.786. The first kappa shape index (κ1) is 21.3. The Balaban J connectivity index is 0. The van der Waals surface area contributed by atoms with Crippen molar-refractivity contribution in [3.63, 3.8) is 0 Å². The first-order chi connectivity index (χ1) is 9.52. The van der Waals surface area contributed by atoms with Crippen LogP contribution in [0.5, 0.6) is 0 Å². The molecule has 1 unspecified atom stereocenters. The normalized spacial score (nSPS) is 17.1. The van der Waals surface area contributed by atoms with E-state index in [1.807, 2.05) is 27.7 Å². The molecule has 0 aromatic heterocycles. The Morgan fingerprint density at radius 3 is 2.15 bits per heavy atom. The minimum Gasteiger partial charge on any atom is -0.370 e. The van der Waals surface area contributed by atoms with Gasteiger partial charge in [-0.3, -0.25) is 19.3 Å². The predicted octanol–water partition coefficient (Wildman–Crippen LogP) is 2.14. The number of carbonyl (C=O) groups is 3. The number of hydrogen-bond donors (Lipinski definition) is 2. The van der Waals surface area contributed by atoms with Gasteiger partial charge in [0.1, 0.15) is 0 Å². The molecule has 0 bridgehead atoms. The van der Waals surface area contributed by atoms with Crippen LogP contribution in [0.4, 0.5) is 0 Å². The van der Waals surface area contributed by atoms with Gasteiger partial charge in [-0.1, -0.05) is 34.1 Å². The number of primary amides is 1. The number of unbranched alkanes of at least 4 members (excludes halogenated alkanes) is 2. The van der Waals surface area contributed by atoms with Crippen LogP contribution in [0.1, 0.15) is 59.8 Å². The van der Waals surface area contributed by atoms with Gasteiger partial charge >= 0.3 is 0 Å². The van der Waals surface area contributed by atoms with E-state index < -0.39 is 5.25 Å². The molecule has 0 saturated carbocycles. The summed E-state index contributed by atoms with van der Waals surface area (Å²) in [6.45, 7) is 8.42. The average molecular weight is 304 g/mol. The Labute approximate surface area is 127 Å². The molecule has 1 rings (SSSR count). The lowest BCUT2D eigenvalue weighted by Crippen LogP contribution is -2.31. The maximum absolute atomic E-state index is 11.4. The summed E-state index contributed by atoms with van der Waals surface area (Å²) in [6.07, 6.45) is 2.76. The lowest BCUT2D eigenvalue weighted by molar-refractivity contribution is -0.138. The number of rotatable bonds is 6. The van der Waals surface area contributed by atoms with Crippen LogP contribution in [0.25, 0.3) is 0 Å². The van der Waals surface area contributed by atoms with Gasteiger partial charge in [0.2, 0.25) is 17.7 Å². The molecular weight excluding hydrogens is 276 g/mol. The highest BCUT2D eigenvalue weighted by atomic mass is 32.1. The molecule has 1 heterocycles. The number of amides is 3. The zero-order valence-corrected chi connectivity index (χ0v) is 13.9. The van der Waals surface area contributed by atoms with Gasteiger partial charge in [0.05, 0.1) is 5.25 Å². The second kappa shape index (κ2) is 13.0. The van der Waals surface area contributed by atoms with E-state index in [9.17, 15) is 14.4 Å². The second-order valence-electron chi connectivity index (χ2n) is 3.88. The van der Waals surface area contributed by atoms with Crippen LogP contribution in [0.15, 0.2) is 0 Å². The van der Waals surface area contributed by atoms with E-state index in [1.165, 1.54) is 4.90 Å². The number of nitrogens with two attached hydrogens (primary N) is 1. The van der Waals surface area contributed by atoms with E-state index >= 15 is 0 Å². The molecule has 0 aliphatic carbocycles. The zero-order chi connectivity index (χ0) is 16.1. The molecule has 0 aromatic rings. The van der Waals surface area contributed by atoms with Crippen LogP contribution < -0.4 is 5.73 Å². The first-order valence-electron chi connectivity index (χ1n) is 7.33. The molecule has 5 nitrogen and oxygen atoms in total. The van der Waals surface area contributed by atoms with Gasteiger partial charge in [-0.2, -0.15) is 12.6 Å². The van der Waals surface area contributed by atoms with Crippen molar-refractivity contribution in [3.8, 4) is 0 Å². The van der Waals surface area contributed by atoms with Gasteiger partial charge in [0.15, 0.2) is 0 Å². The Morgan fingerprint density at radius 1 is 1.20 bits per heavy atom. The Morgan fingerprint density at radius 2 is 1.75 bits per heavy atom. The molecule has 1 fully saturated rings. The van der Waals surface area contributed by atoms with E-state index in [-0.39, 0.29) is 24.1 Å². The monoisotopic (exact) mass is 304 g/mol. The van der Waals surface area contributed by atoms with Crippen LogP contribution in [0, 0.1) is 0 Å². The summed E-state index contributed by atoms with van der Waals surface area (Å²) in [5.41, 5.74) is 4.99. The lowest BCUT2D eigenvalue weighted by atomic mass is 10.2. The third-order valence-electron chi connectivity index (χ3n) is 2.53. The van der Waals surface area contributed by atoms with Crippen molar-refractivity contribution in [3.05, 3.63) is 0 Å². The summed E-state index contributed by atoms with van der Waals surface area (Å²) >= 11 is 4.02. The number of carbonyl (C=O) groups excluding carboxylic acids is 3. The predicted molar refractivity (Wildman–Crippen MR) is 84.5 cm³/mol. The highest BCUT2D eigenvalue weighted by Crippen LogP contribution is 2.18. The molecular formula is C14H28N2O3S. The second-order valence-corrected chi connectivity index (χ2v) is 4.50. The molecule has 0 aromatic carbocycles. The molecule has 0 spiro atoms. The van der Waals surface area contributed by atoms with Gasteiger partial charge < -0.3 is 5.73 Å². The molecule has 1 atom stereocenters. The van der Waals surface area contributed by atoms with Crippen LogP contribution in [-0.4, -0.2) is 34.4 Å². The molecule has 1 aliphatic rings. The van der Waals surface area contributed by atoms with Gasteiger partial charge in [-0.15, -0.1) is 0 Å². The van der Waals surface area contributed by atoms with Gasteiger partial charge in [-0.25, -0.2) is 0 Å². The van der Waals surface area contributed by atoms with Gasteiger partial charge in [-0.05, 0) is 12.8 Å². The molecule has 118 valence electrons. The molecule has 1 saturated heterocycles. The van der Waals surface area contributed by atoms with E-state index in [0.717, 1.165) is 6.42 Å². The molecule has 20 heavy (non-hydrogen) atoms. The van der Waals surface area contributed by atoms with Crippen LogP contribution >= 0.6 is 12.6 Å². The van der Waals surface area contributed by atoms with Crippen LogP contribution in [-0.2, 0) is 14.4 Å². The SMILES string of the molecule is CC.CC.NC(=O)CCCCCN1C(=O)CC(S)C1=O. The third kappa shape index (κ3) is 8.19. The molecule has 2 N–H and O–H groups in total. The van der Waals surface area contributed by atoms with Crippen molar-refractivity contribution < 1.29 is 14.4 Å². The smallest absolute Gasteiger partial charge is 0.242 e. The topological polar surface area (TPSA) is 80.5 Å². The quantitative estimate of drug-likeness (QED) is 0.448. The number of likely N-dealkylation sites (tertiary alicyclic amines) is 1. The maximum atomic E-state index is 11.4. The lowest BCUT2D eigenvalue weighted by Gasteiger charge is -2.13. The van der Waals surface area contributed by atoms with Gasteiger partial charge in [0, 0.05) is 19.4 Å². The molecule has 0 radical (unpaired) electrons. The van der Waals surface area contributed by atoms with E-state index in [0.29, 0.717) is 25.8 Å². The number of nitrogens with zero attached hydrogens (tertiary/aromatic N) is 1. The van der Waals surface area contributed by atoms with E-state index in [1.54, 1.807) is 0 Å². The molecule has 3 amide bonds. The van der Waals surface area contributed by atoms with Crippen molar-refractivity contribution in [1.82, 2.24) is 4.90 Å². The van der Waals surface area contributed by atoms with E-state index in [2.05, 4.69) is 12.6 Å². The van der Waals surface area contributed by atoms with Crippen molar-refractivity contribution in [1.29, 1.82) is 0 Å². The van der Waals surface area contributed by atoms with Crippen molar-refractivity contribution in [2.24, 2.45) is 5.73 Å². The van der Waals surface area contributed by atoms with E-state index in [4.69, 9.17) is 5.73 Å². The fourth-order valence-corrected chi connectivity index (χ4v) is 1.94. The van der Waals surface area contributed by atoms with Crippen molar-refractivity contribution >= 4 is 30.4 Å². The highest BCUT2D eigenvalue weighted by Gasteiger charge is 2.35. The summed E-state index contributed by atoms with van der Waals surface area (Å²) in [6, 6.07) is 0. The third-order valence-corrected chi connectivity index (χ3v) is 2.93. The Kier molecular flexibility index (Phi) is 13.8. The molecule has 1 aliphatic heterocycles. The summed E-state index contributed by atoms with van der Waals surface area (Å²) in [7, 11) is 0. The zero-order valence-electron chi connectivity index (χ0n) is 13.0. The number of hydrogen-bond acceptors (Lipinski definition) is 4. The Hall–Kier alpha value is -1.04.